The third-order valence-electron chi connectivity index (χ3n) is 12.4. The molecular formula is C35H56O. The van der Waals surface area contributed by atoms with Crippen LogP contribution in [0, 0.1) is 66.1 Å². The summed E-state index contributed by atoms with van der Waals surface area (Å²) in [5.41, 5.74) is 3.80. The SMILES string of the molecule is Cc1ccc(OC2CCC3(C)C(CCC4C3CCC3(C)C(C(C)CCCC(C)C)CCC43)C2)c(C)c1. The molecule has 36 heavy (non-hydrogen) atoms. The van der Waals surface area contributed by atoms with Gasteiger partial charge >= 0.3 is 0 Å². The van der Waals surface area contributed by atoms with Crippen molar-refractivity contribution in [2.45, 2.75) is 132 Å². The van der Waals surface area contributed by atoms with Crippen molar-refractivity contribution >= 4 is 0 Å². The summed E-state index contributed by atoms with van der Waals surface area (Å²) in [6.07, 6.45) is 17.6. The maximum absolute atomic E-state index is 6.64. The molecule has 0 radical (unpaired) electrons. The second-order valence-electron chi connectivity index (χ2n) is 15.0. The number of ether oxygens (including phenoxy) is 1. The molecule has 0 aromatic heterocycles. The molecule has 0 spiro atoms. The molecule has 202 valence electrons. The van der Waals surface area contributed by atoms with Gasteiger partial charge in [-0.15, -0.1) is 0 Å². The standard InChI is InChI=1S/C35H56O/c1-23(2)9-8-10-25(4)30-14-15-31-29-13-12-27-22-28(36-33-16-11-24(3)21-26(33)5)17-19-34(27,6)32(29)18-20-35(30,31)7/h11,16,21,23,25,27-32H,8-10,12-15,17-20,22H2,1-7H3. The first-order valence-corrected chi connectivity index (χ1v) is 15.9. The predicted molar refractivity (Wildman–Crippen MR) is 153 cm³/mol. The molecule has 5 rings (SSSR count). The molecule has 0 aliphatic heterocycles. The van der Waals surface area contributed by atoms with Gasteiger partial charge in [-0.05, 0) is 136 Å². The van der Waals surface area contributed by atoms with Gasteiger partial charge in [0.05, 0.1) is 6.10 Å². The van der Waals surface area contributed by atoms with Crippen LogP contribution >= 0.6 is 0 Å². The maximum Gasteiger partial charge on any atom is 0.122 e. The monoisotopic (exact) mass is 492 g/mol. The van der Waals surface area contributed by atoms with E-state index in [2.05, 4.69) is 66.7 Å². The Morgan fingerprint density at radius 1 is 0.861 bits per heavy atom. The van der Waals surface area contributed by atoms with E-state index in [-0.39, 0.29) is 0 Å². The summed E-state index contributed by atoms with van der Waals surface area (Å²) < 4.78 is 6.64. The normalized spacial score (nSPS) is 40.9. The van der Waals surface area contributed by atoms with E-state index in [1.807, 2.05) is 0 Å². The van der Waals surface area contributed by atoms with E-state index in [1.165, 1.54) is 88.2 Å². The molecule has 0 saturated heterocycles. The molecule has 4 fully saturated rings. The highest BCUT2D eigenvalue weighted by Crippen LogP contribution is 2.68. The number of fused-ring (bicyclic) bond motifs is 5. The molecule has 4 aliphatic rings. The summed E-state index contributed by atoms with van der Waals surface area (Å²) in [4.78, 5) is 0. The molecule has 9 unspecified atom stereocenters. The summed E-state index contributed by atoms with van der Waals surface area (Å²) in [5.74, 6) is 7.69. The van der Waals surface area contributed by atoms with Gasteiger partial charge in [0.1, 0.15) is 5.75 Å². The van der Waals surface area contributed by atoms with Gasteiger partial charge in [-0.2, -0.15) is 0 Å². The highest BCUT2D eigenvalue weighted by molar-refractivity contribution is 5.35. The molecular weight excluding hydrogens is 436 g/mol. The van der Waals surface area contributed by atoms with Gasteiger partial charge < -0.3 is 4.74 Å². The molecule has 0 bridgehead atoms. The van der Waals surface area contributed by atoms with Gasteiger partial charge in [0, 0.05) is 0 Å². The molecule has 1 aromatic carbocycles. The Labute approximate surface area is 223 Å². The topological polar surface area (TPSA) is 9.23 Å². The Bertz CT molecular complexity index is 902. The van der Waals surface area contributed by atoms with Crippen LogP contribution in [0.3, 0.4) is 0 Å². The van der Waals surface area contributed by atoms with Gasteiger partial charge in [0.2, 0.25) is 0 Å². The smallest absolute Gasteiger partial charge is 0.122 e. The molecule has 4 aliphatic carbocycles. The maximum atomic E-state index is 6.64. The Morgan fingerprint density at radius 2 is 1.61 bits per heavy atom. The van der Waals surface area contributed by atoms with E-state index in [0.29, 0.717) is 16.9 Å². The molecule has 9 atom stereocenters. The third kappa shape index (κ3) is 4.80. The fourth-order valence-electron chi connectivity index (χ4n) is 10.5. The molecule has 0 amide bonds. The minimum atomic E-state index is 0.414. The number of benzene rings is 1. The van der Waals surface area contributed by atoms with E-state index >= 15 is 0 Å². The van der Waals surface area contributed by atoms with Gasteiger partial charge in [-0.1, -0.05) is 71.6 Å². The van der Waals surface area contributed by atoms with Crippen LogP contribution in [0.4, 0.5) is 0 Å². The zero-order chi connectivity index (χ0) is 25.7. The summed E-state index contributed by atoms with van der Waals surface area (Å²) in [7, 11) is 0. The molecule has 4 saturated carbocycles. The van der Waals surface area contributed by atoms with Crippen molar-refractivity contribution in [2.24, 2.45) is 52.3 Å². The lowest BCUT2D eigenvalue weighted by Crippen LogP contribution is -2.54. The van der Waals surface area contributed by atoms with Crippen molar-refractivity contribution in [3.8, 4) is 5.75 Å². The van der Waals surface area contributed by atoms with Crippen LogP contribution in [0.25, 0.3) is 0 Å². The van der Waals surface area contributed by atoms with E-state index < -0.39 is 0 Å². The van der Waals surface area contributed by atoms with Crippen molar-refractivity contribution in [1.82, 2.24) is 0 Å². The Kier molecular flexibility index (Phi) is 7.61. The summed E-state index contributed by atoms with van der Waals surface area (Å²) in [5, 5.41) is 0. The average Bonchev–Trinajstić information content (AvgIpc) is 3.18. The lowest BCUT2D eigenvalue weighted by Gasteiger charge is -2.61. The Morgan fingerprint density at radius 3 is 2.36 bits per heavy atom. The van der Waals surface area contributed by atoms with Gasteiger partial charge in [-0.25, -0.2) is 0 Å². The van der Waals surface area contributed by atoms with Crippen molar-refractivity contribution < 1.29 is 4.74 Å². The minimum absolute atomic E-state index is 0.414. The van der Waals surface area contributed by atoms with Crippen molar-refractivity contribution in [1.29, 1.82) is 0 Å². The number of aryl methyl sites for hydroxylation is 2. The Balaban J connectivity index is 1.24. The minimum Gasteiger partial charge on any atom is -0.490 e. The lowest BCUT2D eigenvalue weighted by molar-refractivity contribution is -0.126. The fourth-order valence-corrected chi connectivity index (χ4v) is 10.5. The Hall–Kier alpha value is -0.980. The van der Waals surface area contributed by atoms with Crippen molar-refractivity contribution in [2.75, 3.05) is 0 Å². The highest BCUT2D eigenvalue weighted by Gasteiger charge is 2.60. The third-order valence-corrected chi connectivity index (χ3v) is 12.4. The number of rotatable bonds is 7. The molecule has 0 heterocycles. The van der Waals surface area contributed by atoms with Gasteiger partial charge in [-0.3, -0.25) is 0 Å². The second-order valence-corrected chi connectivity index (χ2v) is 15.0. The summed E-state index contributed by atoms with van der Waals surface area (Å²) in [6.45, 7) is 17.2. The largest absolute Gasteiger partial charge is 0.490 e. The zero-order valence-corrected chi connectivity index (χ0v) is 24.7. The lowest BCUT2D eigenvalue weighted by atomic mass is 9.44. The number of hydrogen-bond donors (Lipinski definition) is 0. The second kappa shape index (κ2) is 10.3. The van der Waals surface area contributed by atoms with Crippen LogP contribution in [0.15, 0.2) is 18.2 Å². The molecule has 1 nitrogen and oxygen atoms in total. The van der Waals surface area contributed by atoms with Crippen LogP contribution in [0.5, 0.6) is 5.75 Å². The molecule has 0 N–H and O–H groups in total. The van der Waals surface area contributed by atoms with Crippen molar-refractivity contribution in [3.63, 3.8) is 0 Å². The fraction of sp³-hybridized carbons (Fsp3) is 0.829. The first kappa shape index (κ1) is 26.6. The van der Waals surface area contributed by atoms with Crippen LogP contribution in [0.2, 0.25) is 0 Å². The quantitative estimate of drug-likeness (QED) is 0.368. The first-order valence-electron chi connectivity index (χ1n) is 15.9. The highest BCUT2D eigenvalue weighted by atomic mass is 16.5. The van der Waals surface area contributed by atoms with Gasteiger partial charge in [0.25, 0.3) is 0 Å². The zero-order valence-electron chi connectivity index (χ0n) is 24.7. The molecule has 1 heteroatoms. The van der Waals surface area contributed by atoms with Crippen LogP contribution in [-0.4, -0.2) is 6.10 Å². The van der Waals surface area contributed by atoms with Crippen LogP contribution in [-0.2, 0) is 0 Å². The van der Waals surface area contributed by atoms with Crippen LogP contribution < -0.4 is 4.74 Å². The molecule has 1 aromatic rings. The predicted octanol–water partition coefficient (Wildman–Crippen LogP) is 10.2. The van der Waals surface area contributed by atoms with Gasteiger partial charge in [0.15, 0.2) is 0 Å². The van der Waals surface area contributed by atoms with E-state index in [1.54, 1.807) is 0 Å². The van der Waals surface area contributed by atoms with E-state index in [4.69, 9.17) is 4.74 Å². The van der Waals surface area contributed by atoms with Crippen LogP contribution in [0.1, 0.15) is 123 Å². The average molecular weight is 493 g/mol. The summed E-state index contributed by atoms with van der Waals surface area (Å²) in [6, 6.07) is 6.68. The summed E-state index contributed by atoms with van der Waals surface area (Å²) >= 11 is 0. The van der Waals surface area contributed by atoms with E-state index in [9.17, 15) is 0 Å². The van der Waals surface area contributed by atoms with Crippen molar-refractivity contribution in [3.05, 3.63) is 29.3 Å². The van der Waals surface area contributed by atoms with E-state index in [0.717, 1.165) is 47.2 Å². The first-order chi connectivity index (χ1) is 17.1. The number of hydrogen-bond acceptors (Lipinski definition) is 1.